The molecular weight excluding hydrogens is 360 g/mol. The summed E-state index contributed by atoms with van der Waals surface area (Å²) in [5.41, 5.74) is 0.0615. The summed E-state index contributed by atoms with van der Waals surface area (Å²) in [7, 11) is 0. The monoisotopic (exact) mass is 390 g/mol. The Kier molecular flexibility index (Phi) is 7.22. The molecule has 2 aliphatic rings. The lowest BCUT2D eigenvalue weighted by Gasteiger charge is -2.30. The molecule has 28 heavy (non-hydrogen) atoms. The number of likely N-dealkylation sites (tertiary alicyclic amines) is 1. The number of nitrogens with zero attached hydrogens (tertiary/aromatic N) is 1. The first kappa shape index (κ1) is 20.5. The van der Waals surface area contributed by atoms with Crippen LogP contribution >= 0.6 is 0 Å². The zero-order valence-electron chi connectivity index (χ0n) is 16.2. The topological polar surface area (TPSA) is 115 Å². The molecule has 1 aromatic rings. The van der Waals surface area contributed by atoms with Crippen molar-refractivity contribution in [3.63, 3.8) is 0 Å². The summed E-state index contributed by atoms with van der Waals surface area (Å²) in [6, 6.07) is 3.29. The van der Waals surface area contributed by atoms with Crippen LogP contribution < -0.4 is 16.2 Å². The molecule has 2 atom stereocenters. The third kappa shape index (κ3) is 5.90. The van der Waals surface area contributed by atoms with E-state index in [1.54, 1.807) is 6.07 Å². The summed E-state index contributed by atoms with van der Waals surface area (Å²) >= 11 is 0. The minimum atomic E-state index is -0.295. The second-order valence-electron chi connectivity index (χ2n) is 7.81. The Morgan fingerprint density at radius 1 is 1.18 bits per heavy atom. The highest BCUT2D eigenvalue weighted by atomic mass is 16.3. The van der Waals surface area contributed by atoms with E-state index in [1.165, 1.54) is 25.1 Å². The predicted octanol–water partition coefficient (Wildman–Crippen LogP) is 0.236. The predicted molar refractivity (Wildman–Crippen MR) is 105 cm³/mol. The van der Waals surface area contributed by atoms with Gasteiger partial charge in [-0.25, -0.2) is 0 Å². The summed E-state index contributed by atoms with van der Waals surface area (Å²) < 4.78 is 0. The van der Waals surface area contributed by atoms with E-state index in [-0.39, 0.29) is 36.1 Å². The molecule has 8 nitrogen and oxygen atoms in total. The van der Waals surface area contributed by atoms with Crippen molar-refractivity contribution in [1.82, 2.24) is 20.5 Å². The van der Waals surface area contributed by atoms with Crippen molar-refractivity contribution < 1.29 is 14.7 Å². The number of amides is 2. The lowest BCUT2D eigenvalue weighted by molar-refractivity contribution is -0.122. The molecule has 0 bridgehead atoms. The molecule has 1 aliphatic heterocycles. The smallest absolute Gasteiger partial charge is 0.251 e. The zero-order valence-corrected chi connectivity index (χ0v) is 16.2. The van der Waals surface area contributed by atoms with E-state index in [9.17, 15) is 14.4 Å². The van der Waals surface area contributed by atoms with E-state index in [0.29, 0.717) is 37.4 Å². The summed E-state index contributed by atoms with van der Waals surface area (Å²) in [5, 5.41) is 14.6. The molecule has 2 fully saturated rings. The van der Waals surface area contributed by atoms with Crippen molar-refractivity contribution in [3.8, 4) is 0 Å². The van der Waals surface area contributed by atoms with Gasteiger partial charge in [-0.2, -0.15) is 0 Å². The van der Waals surface area contributed by atoms with E-state index in [0.717, 1.165) is 19.4 Å². The molecule has 4 N–H and O–H groups in total. The number of pyridine rings is 1. The van der Waals surface area contributed by atoms with Crippen LogP contribution in [0.1, 0.15) is 48.9 Å². The number of aromatic amines is 1. The van der Waals surface area contributed by atoms with Crippen molar-refractivity contribution in [2.75, 3.05) is 26.2 Å². The van der Waals surface area contributed by atoms with E-state index in [4.69, 9.17) is 5.11 Å². The van der Waals surface area contributed by atoms with Crippen molar-refractivity contribution >= 4 is 11.8 Å². The Hall–Kier alpha value is -2.19. The van der Waals surface area contributed by atoms with Crippen molar-refractivity contribution in [1.29, 1.82) is 0 Å². The normalized spacial score (nSPS) is 22.2. The van der Waals surface area contributed by atoms with Gasteiger partial charge in [-0.05, 0) is 44.1 Å². The Bertz CT molecular complexity index is 731. The van der Waals surface area contributed by atoms with Gasteiger partial charge in [-0.15, -0.1) is 0 Å². The molecule has 8 heteroatoms. The molecule has 3 rings (SSSR count). The highest BCUT2D eigenvalue weighted by molar-refractivity contribution is 5.93. The fraction of sp³-hybridized carbons (Fsp3) is 0.650. The van der Waals surface area contributed by atoms with Gasteiger partial charge in [-0.3, -0.25) is 19.3 Å². The van der Waals surface area contributed by atoms with Gasteiger partial charge in [0.05, 0.1) is 0 Å². The quantitative estimate of drug-likeness (QED) is 0.427. The molecule has 0 spiro atoms. The zero-order chi connectivity index (χ0) is 19.9. The molecule has 154 valence electrons. The molecule has 1 aliphatic carbocycles. The highest BCUT2D eigenvalue weighted by Crippen LogP contribution is 2.35. The molecule has 1 saturated heterocycles. The van der Waals surface area contributed by atoms with Crippen LogP contribution in [0.4, 0.5) is 0 Å². The summed E-state index contributed by atoms with van der Waals surface area (Å²) in [6.07, 6.45) is 6.84. The van der Waals surface area contributed by atoms with Gasteiger partial charge in [0, 0.05) is 62.6 Å². The Morgan fingerprint density at radius 3 is 2.68 bits per heavy atom. The maximum Gasteiger partial charge on any atom is 0.251 e. The number of nitrogens with one attached hydrogen (secondary N) is 3. The SMILES string of the molecule is O=C(C[C@H]1CC[C@@H](CNC(=O)c2cc[nH]c(=O)c2)N1CC1CC1)NCCCO. The van der Waals surface area contributed by atoms with Crippen LogP contribution in [-0.2, 0) is 4.79 Å². The van der Waals surface area contributed by atoms with Crippen LogP contribution in [0.15, 0.2) is 23.1 Å². The lowest BCUT2D eigenvalue weighted by atomic mass is 10.1. The molecule has 1 aromatic heterocycles. The second-order valence-corrected chi connectivity index (χ2v) is 7.81. The van der Waals surface area contributed by atoms with E-state index in [2.05, 4.69) is 20.5 Å². The van der Waals surface area contributed by atoms with E-state index >= 15 is 0 Å². The van der Waals surface area contributed by atoms with Gasteiger partial charge in [0.15, 0.2) is 0 Å². The second kappa shape index (κ2) is 9.84. The fourth-order valence-corrected chi connectivity index (χ4v) is 3.84. The number of rotatable bonds is 10. The van der Waals surface area contributed by atoms with E-state index < -0.39 is 0 Å². The van der Waals surface area contributed by atoms with Gasteiger partial charge >= 0.3 is 0 Å². The standard InChI is InChI=1S/C20H30N4O4/c25-9-1-7-21-19(27)11-16-4-5-17(24(16)13-14-2-3-14)12-23-20(28)15-6-8-22-18(26)10-15/h6,8,10,14,16-17,25H,1-5,7,9,11-13H2,(H,21,27)(H,22,26)(H,23,28)/t16-,17+/m1/s1. The summed E-state index contributed by atoms with van der Waals surface area (Å²) in [5.74, 6) is 0.471. The highest BCUT2D eigenvalue weighted by Gasteiger charge is 2.37. The minimum Gasteiger partial charge on any atom is -0.396 e. The third-order valence-corrected chi connectivity index (χ3v) is 5.55. The molecule has 0 radical (unpaired) electrons. The van der Waals surface area contributed by atoms with E-state index in [1.807, 2.05) is 0 Å². The molecule has 0 unspecified atom stereocenters. The molecular formula is C20H30N4O4. The van der Waals surface area contributed by atoms with Crippen molar-refractivity contribution in [2.45, 2.75) is 50.6 Å². The number of hydrogen-bond donors (Lipinski definition) is 4. The van der Waals surface area contributed by atoms with Crippen LogP contribution in [0, 0.1) is 5.92 Å². The number of H-pyrrole nitrogens is 1. The number of carbonyl (C=O) groups excluding carboxylic acids is 2. The Balaban J connectivity index is 1.53. The maximum atomic E-state index is 12.3. The van der Waals surface area contributed by atoms with Crippen LogP contribution in [0.25, 0.3) is 0 Å². The Morgan fingerprint density at radius 2 is 1.96 bits per heavy atom. The molecule has 1 saturated carbocycles. The summed E-state index contributed by atoms with van der Waals surface area (Å²) in [6.45, 7) is 2.06. The van der Waals surface area contributed by atoms with Gasteiger partial charge < -0.3 is 20.7 Å². The van der Waals surface area contributed by atoms with Gasteiger partial charge in [0.1, 0.15) is 0 Å². The average Bonchev–Trinajstić information content (AvgIpc) is 3.42. The van der Waals surface area contributed by atoms with Gasteiger partial charge in [0.25, 0.3) is 5.91 Å². The largest absolute Gasteiger partial charge is 0.396 e. The fourth-order valence-electron chi connectivity index (χ4n) is 3.84. The Labute approximate surface area is 164 Å². The van der Waals surface area contributed by atoms with Crippen LogP contribution in [0.5, 0.6) is 0 Å². The van der Waals surface area contributed by atoms with Crippen LogP contribution in [0.2, 0.25) is 0 Å². The van der Waals surface area contributed by atoms with Crippen LogP contribution in [-0.4, -0.2) is 65.1 Å². The maximum absolute atomic E-state index is 12.3. The summed E-state index contributed by atoms with van der Waals surface area (Å²) in [4.78, 5) is 40.8. The van der Waals surface area contributed by atoms with Crippen molar-refractivity contribution in [2.24, 2.45) is 5.92 Å². The number of carbonyl (C=O) groups is 2. The number of aliphatic hydroxyl groups excluding tert-OH is 1. The average molecular weight is 390 g/mol. The molecule has 2 amide bonds. The lowest BCUT2D eigenvalue weighted by Crippen LogP contribution is -2.45. The number of aliphatic hydroxyl groups is 1. The first-order valence-corrected chi connectivity index (χ1v) is 10.2. The van der Waals surface area contributed by atoms with Crippen LogP contribution in [0.3, 0.4) is 0 Å². The van der Waals surface area contributed by atoms with Crippen molar-refractivity contribution in [3.05, 3.63) is 34.2 Å². The molecule has 2 heterocycles. The number of aromatic nitrogens is 1. The first-order valence-electron chi connectivity index (χ1n) is 10.2. The minimum absolute atomic E-state index is 0.0208. The first-order chi connectivity index (χ1) is 13.6. The molecule has 0 aromatic carbocycles. The van der Waals surface area contributed by atoms with Gasteiger partial charge in [-0.1, -0.05) is 0 Å². The number of hydrogen-bond acceptors (Lipinski definition) is 5. The third-order valence-electron chi connectivity index (χ3n) is 5.55. The van der Waals surface area contributed by atoms with Gasteiger partial charge in [0.2, 0.25) is 11.5 Å².